The molecule has 28 heavy (non-hydrogen) atoms. The molecule has 1 heterocycles. The third-order valence-electron chi connectivity index (χ3n) is 5.13. The quantitative estimate of drug-likeness (QED) is 0.592. The maximum atomic E-state index is 13.1. The van der Waals surface area contributed by atoms with Gasteiger partial charge in [0.1, 0.15) is 5.57 Å². The fraction of sp³-hybridized carbons (Fsp3) is 0.304. The molecule has 0 radical (unpaired) electrons. The summed E-state index contributed by atoms with van der Waals surface area (Å²) < 4.78 is 10.6. The van der Waals surface area contributed by atoms with Gasteiger partial charge in [0.15, 0.2) is 0 Å². The molecule has 2 aromatic carbocycles. The smallest absolute Gasteiger partial charge is 0.342 e. The molecule has 0 unspecified atom stereocenters. The fourth-order valence-electron chi connectivity index (χ4n) is 3.80. The minimum absolute atomic E-state index is 0.131. The topological polar surface area (TPSA) is 55.8 Å². The fourth-order valence-corrected chi connectivity index (χ4v) is 3.80. The van der Waals surface area contributed by atoms with Gasteiger partial charge in [0.05, 0.1) is 19.8 Å². The van der Waals surface area contributed by atoms with E-state index < -0.39 is 5.97 Å². The summed E-state index contributed by atoms with van der Waals surface area (Å²) >= 11 is 0. The predicted molar refractivity (Wildman–Crippen MR) is 106 cm³/mol. The lowest BCUT2D eigenvalue weighted by atomic mass is 9.96. The van der Waals surface area contributed by atoms with E-state index in [1.54, 1.807) is 6.92 Å². The summed E-state index contributed by atoms with van der Waals surface area (Å²) in [6.45, 7) is 5.97. The standard InChI is InChI=1S/C23H23NO4/c1-2-28-23(26)21-20(17-6-4-3-5-7-17)18-9-8-16(14-19(18)22(21)25)15-24-10-12-27-13-11-24/h3-9,14H,2,10-13,15H2,1H3. The van der Waals surface area contributed by atoms with Crippen molar-refractivity contribution in [3.8, 4) is 0 Å². The highest BCUT2D eigenvalue weighted by atomic mass is 16.5. The number of ether oxygens (including phenoxy) is 2. The molecule has 2 aromatic rings. The van der Waals surface area contributed by atoms with Crippen LogP contribution >= 0.6 is 0 Å². The molecule has 1 aliphatic carbocycles. The maximum absolute atomic E-state index is 13.1. The van der Waals surface area contributed by atoms with Crippen LogP contribution in [0.2, 0.25) is 0 Å². The molecular weight excluding hydrogens is 354 g/mol. The summed E-state index contributed by atoms with van der Waals surface area (Å²) in [7, 11) is 0. The summed E-state index contributed by atoms with van der Waals surface area (Å²) in [5, 5.41) is 0. The van der Waals surface area contributed by atoms with Crippen molar-refractivity contribution in [2.45, 2.75) is 13.5 Å². The molecule has 0 saturated carbocycles. The van der Waals surface area contributed by atoms with Crippen LogP contribution in [-0.4, -0.2) is 49.6 Å². The lowest BCUT2D eigenvalue weighted by Gasteiger charge is -2.26. The number of hydrogen-bond acceptors (Lipinski definition) is 5. The van der Waals surface area contributed by atoms with Crippen molar-refractivity contribution in [2.75, 3.05) is 32.9 Å². The highest BCUT2D eigenvalue weighted by Gasteiger charge is 2.35. The minimum Gasteiger partial charge on any atom is -0.462 e. The van der Waals surface area contributed by atoms with Gasteiger partial charge in [-0.3, -0.25) is 9.69 Å². The SMILES string of the molecule is CCOC(=O)C1=C(c2ccccc2)c2ccc(CN3CCOCC3)cc2C1=O. The van der Waals surface area contributed by atoms with Crippen LogP contribution in [0.3, 0.4) is 0 Å². The molecule has 1 saturated heterocycles. The minimum atomic E-state index is -0.558. The largest absolute Gasteiger partial charge is 0.462 e. The molecule has 2 aliphatic rings. The number of nitrogens with zero attached hydrogens (tertiary/aromatic N) is 1. The number of fused-ring (bicyclic) bond motifs is 1. The second-order valence-electron chi connectivity index (χ2n) is 6.93. The van der Waals surface area contributed by atoms with E-state index in [2.05, 4.69) is 4.90 Å². The highest BCUT2D eigenvalue weighted by Crippen LogP contribution is 2.38. The Morgan fingerprint density at radius 1 is 1.07 bits per heavy atom. The first kappa shape index (κ1) is 18.6. The Balaban J connectivity index is 1.72. The average molecular weight is 377 g/mol. The molecular formula is C23H23NO4. The van der Waals surface area contributed by atoms with Crippen molar-refractivity contribution in [2.24, 2.45) is 0 Å². The van der Waals surface area contributed by atoms with E-state index in [1.807, 2.05) is 48.5 Å². The van der Waals surface area contributed by atoms with Gasteiger partial charge in [-0.05, 0) is 29.7 Å². The third kappa shape index (κ3) is 3.51. The van der Waals surface area contributed by atoms with E-state index >= 15 is 0 Å². The van der Waals surface area contributed by atoms with Gasteiger partial charge < -0.3 is 9.47 Å². The molecule has 1 fully saturated rings. The van der Waals surface area contributed by atoms with E-state index in [9.17, 15) is 9.59 Å². The highest BCUT2D eigenvalue weighted by molar-refractivity contribution is 6.35. The molecule has 0 bridgehead atoms. The van der Waals surface area contributed by atoms with Gasteiger partial charge >= 0.3 is 5.97 Å². The van der Waals surface area contributed by atoms with E-state index in [0.717, 1.165) is 49.5 Å². The second kappa shape index (κ2) is 8.09. The Kier molecular flexibility index (Phi) is 5.37. The summed E-state index contributed by atoms with van der Waals surface area (Å²) in [5.74, 6) is -0.812. The molecule has 5 heteroatoms. The molecule has 1 aliphatic heterocycles. The van der Waals surface area contributed by atoms with E-state index in [0.29, 0.717) is 11.1 Å². The number of ketones is 1. The number of hydrogen-bond donors (Lipinski definition) is 0. The van der Waals surface area contributed by atoms with Gasteiger partial charge in [0.2, 0.25) is 5.78 Å². The summed E-state index contributed by atoms with van der Waals surface area (Å²) in [4.78, 5) is 28.0. The first-order valence-corrected chi connectivity index (χ1v) is 9.64. The van der Waals surface area contributed by atoms with Gasteiger partial charge in [-0.15, -0.1) is 0 Å². The van der Waals surface area contributed by atoms with Crippen LogP contribution in [0.1, 0.15) is 34.0 Å². The Labute approximate surface area is 164 Å². The number of morpholine rings is 1. The number of rotatable bonds is 5. The number of carbonyl (C=O) groups is 2. The molecule has 0 atom stereocenters. The molecule has 4 rings (SSSR count). The van der Waals surface area contributed by atoms with Crippen molar-refractivity contribution in [1.29, 1.82) is 0 Å². The molecule has 0 amide bonds. The molecule has 0 N–H and O–H groups in total. The molecule has 0 aromatic heterocycles. The van der Waals surface area contributed by atoms with Crippen LogP contribution < -0.4 is 0 Å². The Morgan fingerprint density at radius 3 is 2.54 bits per heavy atom. The summed E-state index contributed by atoms with van der Waals surface area (Å²) in [5.41, 5.74) is 4.08. The van der Waals surface area contributed by atoms with Crippen LogP contribution in [0.4, 0.5) is 0 Å². The Morgan fingerprint density at radius 2 is 1.82 bits per heavy atom. The molecule has 0 spiro atoms. The maximum Gasteiger partial charge on any atom is 0.342 e. The Hall–Kier alpha value is -2.76. The van der Waals surface area contributed by atoms with Gasteiger partial charge in [-0.1, -0.05) is 42.5 Å². The first-order valence-electron chi connectivity index (χ1n) is 9.64. The predicted octanol–water partition coefficient (Wildman–Crippen LogP) is 3.08. The zero-order chi connectivity index (χ0) is 19.5. The van der Waals surface area contributed by atoms with E-state index in [4.69, 9.17) is 9.47 Å². The Bertz CT molecular complexity index is 927. The van der Waals surface area contributed by atoms with Crippen molar-refractivity contribution in [3.63, 3.8) is 0 Å². The summed E-state index contributed by atoms with van der Waals surface area (Å²) in [6.07, 6.45) is 0. The van der Waals surface area contributed by atoms with Crippen LogP contribution in [0.25, 0.3) is 5.57 Å². The van der Waals surface area contributed by atoms with Crippen molar-refractivity contribution in [1.82, 2.24) is 4.90 Å². The number of esters is 1. The van der Waals surface area contributed by atoms with Crippen LogP contribution in [0.15, 0.2) is 54.1 Å². The molecule has 144 valence electrons. The van der Waals surface area contributed by atoms with E-state index in [1.165, 1.54) is 0 Å². The van der Waals surface area contributed by atoms with Gasteiger partial charge in [0.25, 0.3) is 0 Å². The zero-order valence-corrected chi connectivity index (χ0v) is 15.9. The third-order valence-corrected chi connectivity index (χ3v) is 5.13. The van der Waals surface area contributed by atoms with Crippen LogP contribution in [-0.2, 0) is 20.8 Å². The lowest BCUT2D eigenvalue weighted by molar-refractivity contribution is -0.137. The lowest BCUT2D eigenvalue weighted by Crippen LogP contribution is -2.35. The van der Waals surface area contributed by atoms with Gasteiger partial charge in [-0.25, -0.2) is 4.79 Å². The van der Waals surface area contributed by atoms with Crippen LogP contribution in [0, 0.1) is 0 Å². The second-order valence-corrected chi connectivity index (χ2v) is 6.93. The number of benzene rings is 2. The van der Waals surface area contributed by atoms with Crippen molar-refractivity contribution in [3.05, 3.63) is 76.4 Å². The van der Waals surface area contributed by atoms with Gasteiger partial charge in [0, 0.05) is 30.8 Å². The van der Waals surface area contributed by atoms with Crippen molar-refractivity contribution < 1.29 is 19.1 Å². The zero-order valence-electron chi connectivity index (χ0n) is 15.9. The average Bonchev–Trinajstić information content (AvgIpc) is 3.02. The van der Waals surface area contributed by atoms with Gasteiger partial charge in [-0.2, -0.15) is 0 Å². The summed E-state index contributed by atoms with van der Waals surface area (Å²) in [6, 6.07) is 15.5. The first-order chi connectivity index (χ1) is 13.7. The van der Waals surface area contributed by atoms with Crippen LogP contribution in [0.5, 0.6) is 0 Å². The molecule has 5 nitrogen and oxygen atoms in total. The number of Topliss-reactive ketones (excluding diaryl/α,β-unsaturated/α-hetero) is 1. The number of carbonyl (C=O) groups excluding carboxylic acids is 2. The normalized spacial score (nSPS) is 17.0. The van der Waals surface area contributed by atoms with E-state index in [-0.39, 0.29) is 18.0 Å². The monoisotopic (exact) mass is 377 g/mol. The van der Waals surface area contributed by atoms with Crippen molar-refractivity contribution >= 4 is 17.3 Å².